The maximum absolute atomic E-state index is 5.82. The predicted molar refractivity (Wildman–Crippen MR) is 132 cm³/mol. The van der Waals surface area contributed by atoms with E-state index in [1.54, 1.807) is 12.5 Å². The van der Waals surface area contributed by atoms with Crippen LogP contribution in [0.25, 0.3) is 65.7 Å². The van der Waals surface area contributed by atoms with Gasteiger partial charge in [-0.1, -0.05) is 60.7 Å². The number of benzene rings is 5. The molecule has 0 aliphatic carbocycles. The molecule has 0 radical (unpaired) electrons. The van der Waals surface area contributed by atoms with Gasteiger partial charge in [0.25, 0.3) is 0 Å². The van der Waals surface area contributed by atoms with Crippen molar-refractivity contribution in [3.8, 4) is 22.3 Å². The highest BCUT2D eigenvalue weighted by Gasteiger charge is 2.21. The van der Waals surface area contributed by atoms with Gasteiger partial charge in [-0.2, -0.15) is 0 Å². The zero-order valence-electron chi connectivity index (χ0n) is 17.2. The molecule has 32 heavy (non-hydrogen) atoms. The first-order chi connectivity index (χ1) is 15.9. The van der Waals surface area contributed by atoms with Crippen LogP contribution in [0.15, 0.2) is 118 Å². The van der Waals surface area contributed by atoms with Crippen LogP contribution >= 0.6 is 0 Å². The van der Waals surface area contributed by atoms with Crippen molar-refractivity contribution in [3.05, 3.63) is 110 Å². The largest absolute Gasteiger partial charge is 0.464 e. The first-order valence-corrected chi connectivity index (χ1v) is 10.8. The van der Waals surface area contributed by atoms with E-state index in [-0.39, 0.29) is 0 Å². The lowest BCUT2D eigenvalue weighted by molar-refractivity contribution is 0.615. The molecule has 2 heteroatoms. The standard InChI is InChI=1S/C30H18O2/c1-3-7-19(8-4-1)27-28(20-9-5-2-6-10-20)30-22(12-14-26-24(30)16-18-32-26)21-11-13-25-23(29(21)27)15-17-31-25/h1-18H. The first-order valence-electron chi connectivity index (χ1n) is 10.8. The van der Waals surface area contributed by atoms with Crippen LogP contribution in [0.1, 0.15) is 0 Å². The second kappa shape index (κ2) is 6.60. The highest BCUT2D eigenvalue weighted by Crippen LogP contribution is 2.48. The zero-order valence-corrected chi connectivity index (χ0v) is 17.2. The minimum absolute atomic E-state index is 0.900. The van der Waals surface area contributed by atoms with Gasteiger partial charge in [-0.3, -0.25) is 0 Å². The third-order valence-corrected chi connectivity index (χ3v) is 6.44. The summed E-state index contributed by atoms with van der Waals surface area (Å²) in [5.74, 6) is 0. The Morgan fingerprint density at radius 2 is 0.812 bits per heavy atom. The summed E-state index contributed by atoms with van der Waals surface area (Å²) in [6, 6.07) is 34.0. The fourth-order valence-electron chi connectivity index (χ4n) is 5.11. The van der Waals surface area contributed by atoms with Crippen LogP contribution in [0.5, 0.6) is 0 Å². The summed E-state index contributed by atoms with van der Waals surface area (Å²) >= 11 is 0. The van der Waals surface area contributed by atoms with Crippen LogP contribution in [0.2, 0.25) is 0 Å². The quantitative estimate of drug-likeness (QED) is 0.266. The number of fused-ring (bicyclic) bond motifs is 7. The average molecular weight is 410 g/mol. The molecule has 0 atom stereocenters. The molecular weight excluding hydrogens is 392 g/mol. The number of rotatable bonds is 2. The summed E-state index contributed by atoms with van der Waals surface area (Å²) < 4.78 is 11.6. The molecule has 150 valence electrons. The number of hydrogen-bond acceptors (Lipinski definition) is 2. The van der Waals surface area contributed by atoms with Gasteiger partial charge < -0.3 is 8.83 Å². The Balaban J connectivity index is 1.86. The van der Waals surface area contributed by atoms with Crippen molar-refractivity contribution in [2.45, 2.75) is 0 Å². The Kier molecular flexibility index (Phi) is 3.58. The smallest absolute Gasteiger partial charge is 0.134 e. The van der Waals surface area contributed by atoms with Crippen molar-refractivity contribution in [3.63, 3.8) is 0 Å². The van der Waals surface area contributed by atoms with Gasteiger partial charge in [0.2, 0.25) is 0 Å². The van der Waals surface area contributed by atoms with Crippen LogP contribution in [-0.2, 0) is 0 Å². The Bertz CT molecular complexity index is 1620. The van der Waals surface area contributed by atoms with E-state index in [2.05, 4.69) is 97.1 Å². The van der Waals surface area contributed by atoms with E-state index in [1.165, 1.54) is 43.8 Å². The molecule has 7 aromatic rings. The molecule has 2 nitrogen and oxygen atoms in total. The highest BCUT2D eigenvalue weighted by molar-refractivity contribution is 6.31. The average Bonchev–Trinajstić information content (AvgIpc) is 3.53. The summed E-state index contributed by atoms with van der Waals surface area (Å²) in [7, 11) is 0. The van der Waals surface area contributed by atoms with E-state index in [0.29, 0.717) is 0 Å². The normalized spacial score (nSPS) is 11.8. The highest BCUT2D eigenvalue weighted by atomic mass is 16.3. The molecule has 7 rings (SSSR count). The van der Waals surface area contributed by atoms with Crippen LogP contribution < -0.4 is 0 Å². The second-order valence-corrected chi connectivity index (χ2v) is 8.12. The van der Waals surface area contributed by atoms with Gasteiger partial charge >= 0.3 is 0 Å². The van der Waals surface area contributed by atoms with Gasteiger partial charge in [0.05, 0.1) is 12.5 Å². The van der Waals surface area contributed by atoms with E-state index in [9.17, 15) is 0 Å². The molecule has 5 aromatic carbocycles. The summed E-state index contributed by atoms with van der Waals surface area (Å²) in [6.07, 6.45) is 3.56. The first kappa shape index (κ1) is 17.4. The van der Waals surface area contributed by atoms with E-state index in [1.807, 2.05) is 0 Å². The van der Waals surface area contributed by atoms with E-state index < -0.39 is 0 Å². The Labute approximate surface area is 184 Å². The number of hydrogen-bond donors (Lipinski definition) is 0. The maximum atomic E-state index is 5.82. The van der Waals surface area contributed by atoms with E-state index in [0.717, 1.165) is 21.9 Å². The lowest BCUT2D eigenvalue weighted by Gasteiger charge is -2.19. The minimum Gasteiger partial charge on any atom is -0.464 e. The van der Waals surface area contributed by atoms with Gasteiger partial charge in [-0.05, 0) is 69.4 Å². The molecule has 0 aliphatic heterocycles. The molecular formula is C30H18O2. The summed E-state index contributed by atoms with van der Waals surface area (Å²) in [4.78, 5) is 0. The molecule has 0 N–H and O–H groups in total. The van der Waals surface area contributed by atoms with Gasteiger partial charge in [0.15, 0.2) is 0 Å². The van der Waals surface area contributed by atoms with Crippen molar-refractivity contribution in [2.75, 3.05) is 0 Å². The Hall–Kier alpha value is -4.30. The zero-order chi connectivity index (χ0) is 21.1. The van der Waals surface area contributed by atoms with Crippen molar-refractivity contribution in [1.29, 1.82) is 0 Å². The Morgan fingerprint density at radius 3 is 1.25 bits per heavy atom. The SMILES string of the molecule is c1ccc(-c2c(-c3ccccc3)c3c4ccoc4ccc3c3ccc4occc4c23)cc1. The molecule has 0 amide bonds. The topological polar surface area (TPSA) is 26.3 Å². The summed E-state index contributed by atoms with van der Waals surface area (Å²) in [6.45, 7) is 0. The fraction of sp³-hybridized carbons (Fsp3) is 0. The lowest BCUT2D eigenvalue weighted by Crippen LogP contribution is -1.92. The second-order valence-electron chi connectivity index (χ2n) is 8.12. The molecule has 0 fully saturated rings. The molecule has 0 aliphatic rings. The molecule has 0 bridgehead atoms. The molecule has 2 heterocycles. The van der Waals surface area contributed by atoms with Crippen LogP contribution in [0.3, 0.4) is 0 Å². The summed E-state index contributed by atoms with van der Waals surface area (Å²) in [5.41, 5.74) is 6.62. The molecule has 0 saturated carbocycles. The van der Waals surface area contributed by atoms with Gasteiger partial charge in [-0.25, -0.2) is 0 Å². The van der Waals surface area contributed by atoms with Gasteiger partial charge in [0.1, 0.15) is 11.2 Å². The molecule has 0 saturated heterocycles. The fourth-order valence-corrected chi connectivity index (χ4v) is 5.11. The third kappa shape index (κ3) is 2.35. The number of furan rings is 2. The van der Waals surface area contributed by atoms with Crippen molar-refractivity contribution < 1.29 is 8.83 Å². The third-order valence-electron chi connectivity index (χ3n) is 6.44. The van der Waals surface area contributed by atoms with Crippen molar-refractivity contribution >= 4 is 43.5 Å². The molecule has 2 aromatic heterocycles. The molecule has 0 spiro atoms. The van der Waals surface area contributed by atoms with Crippen LogP contribution in [-0.4, -0.2) is 0 Å². The van der Waals surface area contributed by atoms with Crippen LogP contribution in [0.4, 0.5) is 0 Å². The monoisotopic (exact) mass is 410 g/mol. The van der Waals surface area contributed by atoms with Crippen molar-refractivity contribution in [2.24, 2.45) is 0 Å². The lowest BCUT2D eigenvalue weighted by atomic mass is 9.83. The minimum atomic E-state index is 0.900. The van der Waals surface area contributed by atoms with E-state index in [4.69, 9.17) is 8.83 Å². The predicted octanol–water partition coefficient (Wildman–Crippen LogP) is 8.82. The van der Waals surface area contributed by atoms with Gasteiger partial charge in [-0.15, -0.1) is 0 Å². The van der Waals surface area contributed by atoms with Crippen molar-refractivity contribution in [1.82, 2.24) is 0 Å². The Morgan fingerprint density at radius 1 is 0.375 bits per heavy atom. The van der Waals surface area contributed by atoms with Crippen LogP contribution in [0, 0.1) is 0 Å². The van der Waals surface area contributed by atoms with E-state index >= 15 is 0 Å². The maximum Gasteiger partial charge on any atom is 0.134 e. The van der Waals surface area contributed by atoms with Gasteiger partial charge in [0, 0.05) is 21.5 Å². The molecule has 0 unspecified atom stereocenters. The summed E-state index contributed by atoms with van der Waals surface area (Å²) in [5, 5.41) is 7.14.